The number of benzene rings is 2. The Bertz CT molecular complexity index is 905. The molecule has 144 valence electrons. The van der Waals surface area contributed by atoms with Crippen molar-refractivity contribution in [2.24, 2.45) is 5.92 Å². The maximum atomic E-state index is 12.7. The van der Waals surface area contributed by atoms with E-state index in [1.54, 1.807) is 12.1 Å². The summed E-state index contributed by atoms with van der Waals surface area (Å²) in [6, 6.07) is 14.2. The molecule has 0 aromatic heterocycles. The van der Waals surface area contributed by atoms with Crippen LogP contribution in [0.3, 0.4) is 0 Å². The first kappa shape index (κ1) is 19.9. The van der Waals surface area contributed by atoms with Gasteiger partial charge in [0.25, 0.3) is 0 Å². The van der Waals surface area contributed by atoms with Gasteiger partial charge in [0, 0.05) is 30.6 Å². The first-order valence-electron chi connectivity index (χ1n) is 8.95. The van der Waals surface area contributed by atoms with Gasteiger partial charge >= 0.3 is 0 Å². The highest BCUT2D eigenvalue weighted by Crippen LogP contribution is 2.25. The van der Waals surface area contributed by atoms with Gasteiger partial charge in [0.15, 0.2) is 0 Å². The number of hydrogen-bond acceptors (Lipinski definition) is 3. The van der Waals surface area contributed by atoms with Crippen molar-refractivity contribution in [3.8, 4) is 0 Å². The average Bonchev–Trinajstić information content (AvgIpc) is 2.66. The van der Waals surface area contributed by atoms with E-state index in [0.717, 1.165) is 11.1 Å². The van der Waals surface area contributed by atoms with Crippen molar-refractivity contribution >= 4 is 27.5 Å². The van der Waals surface area contributed by atoms with Crippen molar-refractivity contribution in [3.05, 3.63) is 64.7 Å². The van der Waals surface area contributed by atoms with Crippen LogP contribution in [-0.2, 0) is 21.4 Å². The first-order valence-corrected chi connectivity index (χ1v) is 10.8. The van der Waals surface area contributed by atoms with Gasteiger partial charge in [-0.1, -0.05) is 41.4 Å². The zero-order valence-corrected chi connectivity index (χ0v) is 16.8. The number of nitrogens with one attached hydrogen (secondary N) is 1. The highest BCUT2D eigenvalue weighted by atomic mass is 35.5. The molecular formula is C20H23ClN2O3S. The third-order valence-electron chi connectivity index (χ3n) is 4.83. The van der Waals surface area contributed by atoms with Crippen LogP contribution in [0.1, 0.15) is 24.0 Å². The number of amides is 1. The van der Waals surface area contributed by atoms with Gasteiger partial charge in [0.1, 0.15) is 0 Å². The van der Waals surface area contributed by atoms with Gasteiger partial charge in [-0.2, -0.15) is 4.31 Å². The van der Waals surface area contributed by atoms with Crippen molar-refractivity contribution in [3.63, 3.8) is 0 Å². The van der Waals surface area contributed by atoms with Crippen molar-refractivity contribution < 1.29 is 13.2 Å². The van der Waals surface area contributed by atoms with Crippen LogP contribution in [0, 0.1) is 12.8 Å². The summed E-state index contributed by atoms with van der Waals surface area (Å²) in [5.41, 5.74) is 2.22. The summed E-state index contributed by atoms with van der Waals surface area (Å²) in [4.78, 5) is 12.7. The lowest BCUT2D eigenvalue weighted by atomic mass is 9.97. The van der Waals surface area contributed by atoms with E-state index in [1.165, 1.54) is 16.4 Å². The van der Waals surface area contributed by atoms with Gasteiger partial charge in [-0.3, -0.25) is 4.79 Å². The molecule has 0 aliphatic carbocycles. The van der Waals surface area contributed by atoms with Crippen molar-refractivity contribution in [1.82, 2.24) is 9.62 Å². The maximum absolute atomic E-state index is 12.7. The fourth-order valence-corrected chi connectivity index (χ4v) is 4.87. The first-order chi connectivity index (χ1) is 12.9. The molecule has 1 aliphatic rings. The molecule has 0 atom stereocenters. The molecule has 0 spiro atoms. The predicted molar refractivity (Wildman–Crippen MR) is 106 cm³/mol. The molecule has 27 heavy (non-hydrogen) atoms. The van der Waals surface area contributed by atoms with Gasteiger partial charge in [-0.25, -0.2) is 8.42 Å². The molecule has 3 rings (SSSR count). The number of aryl methyl sites for hydroxylation is 1. The number of carbonyl (C=O) groups is 1. The molecule has 0 radical (unpaired) electrons. The summed E-state index contributed by atoms with van der Waals surface area (Å²) in [5.74, 6) is -0.175. The van der Waals surface area contributed by atoms with Crippen LogP contribution in [0.15, 0.2) is 53.4 Å². The summed E-state index contributed by atoms with van der Waals surface area (Å²) < 4.78 is 26.8. The SMILES string of the molecule is Cc1cccc(CNC(=O)C2CCN(S(=O)(=O)c3ccc(Cl)cc3)CC2)c1. The van der Waals surface area contributed by atoms with Crippen molar-refractivity contribution in [2.75, 3.05) is 13.1 Å². The van der Waals surface area contributed by atoms with E-state index in [1.807, 2.05) is 31.2 Å². The van der Waals surface area contributed by atoms with Gasteiger partial charge in [-0.15, -0.1) is 0 Å². The van der Waals surface area contributed by atoms with Crippen LogP contribution in [-0.4, -0.2) is 31.7 Å². The second kappa shape index (κ2) is 8.42. The van der Waals surface area contributed by atoms with E-state index in [4.69, 9.17) is 11.6 Å². The lowest BCUT2D eigenvalue weighted by Gasteiger charge is -2.30. The normalized spacial score (nSPS) is 16.2. The topological polar surface area (TPSA) is 66.5 Å². The number of hydrogen-bond donors (Lipinski definition) is 1. The summed E-state index contributed by atoms with van der Waals surface area (Å²) in [6.07, 6.45) is 1.04. The Labute approximate surface area is 165 Å². The van der Waals surface area contributed by atoms with Crippen LogP contribution in [0.25, 0.3) is 0 Å². The van der Waals surface area contributed by atoms with Crippen LogP contribution in [0.5, 0.6) is 0 Å². The highest BCUT2D eigenvalue weighted by molar-refractivity contribution is 7.89. The lowest BCUT2D eigenvalue weighted by molar-refractivity contribution is -0.126. The van der Waals surface area contributed by atoms with E-state index in [-0.39, 0.29) is 16.7 Å². The Hall–Kier alpha value is -1.89. The Morgan fingerprint density at radius 3 is 2.44 bits per heavy atom. The van der Waals surface area contributed by atoms with E-state index in [2.05, 4.69) is 5.32 Å². The quantitative estimate of drug-likeness (QED) is 0.827. The number of rotatable bonds is 5. The fourth-order valence-electron chi connectivity index (χ4n) is 3.27. The van der Waals surface area contributed by atoms with E-state index >= 15 is 0 Å². The number of piperidine rings is 1. The van der Waals surface area contributed by atoms with Crippen LogP contribution in [0.2, 0.25) is 5.02 Å². The Morgan fingerprint density at radius 1 is 1.15 bits per heavy atom. The molecule has 2 aromatic carbocycles. The molecule has 1 saturated heterocycles. The molecule has 2 aromatic rings. The standard InChI is InChI=1S/C20H23ClN2O3S/c1-15-3-2-4-16(13-15)14-22-20(24)17-9-11-23(12-10-17)27(25,26)19-7-5-18(21)6-8-19/h2-8,13,17H,9-12,14H2,1H3,(H,22,24). The highest BCUT2D eigenvalue weighted by Gasteiger charge is 2.31. The molecule has 0 bridgehead atoms. The zero-order chi connectivity index (χ0) is 19.4. The van der Waals surface area contributed by atoms with Gasteiger partial charge < -0.3 is 5.32 Å². The van der Waals surface area contributed by atoms with Gasteiger partial charge in [-0.05, 0) is 49.6 Å². The molecule has 1 N–H and O–H groups in total. The summed E-state index contributed by atoms with van der Waals surface area (Å²) in [5, 5.41) is 3.46. The molecule has 1 heterocycles. The average molecular weight is 407 g/mol. The van der Waals surface area contributed by atoms with E-state index in [0.29, 0.717) is 37.5 Å². The zero-order valence-electron chi connectivity index (χ0n) is 15.2. The lowest BCUT2D eigenvalue weighted by Crippen LogP contribution is -2.42. The molecule has 5 nitrogen and oxygen atoms in total. The fraction of sp³-hybridized carbons (Fsp3) is 0.350. The van der Waals surface area contributed by atoms with Crippen LogP contribution >= 0.6 is 11.6 Å². The molecule has 1 aliphatic heterocycles. The monoisotopic (exact) mass is 406 g/mol. The third kappa shape index (κ3) is 4.89. The van der Waals surface area contributed by atoms with Gasteiger partial charge in [0.05, 0.1) is 4.90 Å². The predicted octanol–water partition coefficient (Wildman–Crippen LogP) is 3.37. The minimum Gasteiger partial charge on any atom is -0.352 e. The van der Waals surface area contributed by atoms with E-state index in [9.17, 15) is 13.2 Å². The Balaban J connectivity index is 1.55. The second-order valence-electron chi connectivity index (χ2n) is 6.84. The largest absolute Gasteiger partial charge is 0.352 e. The number of carbonyl (C=O) groups excluding carboxylic acids is 1. The molecular weight excluding hydrogens is 384 g/mol. The molecule has 1 amide bonds. The second-order valence-corrected chi connectivity index (χ2v) is 9.21. The minimum absolute atomic E-state index is 0.0138. The number of nitrogens with zero attached hydrogens (tertiary/aromatic N) is 1. The molecule has 1 fully saturated rings. The summed E-state index contributed by atoms with van der Waals surface area (Å²) in [7, 11) is -3.54. The smallest absolute Gasteiger partial charge is 0.243 e. The minimum atomic E-state index is -3.54. The third-order valence-corrected chi connectivity index (χ3v) is 6.99. The Morgan fingerprint density at radius 2 is 1.81 bits per heavy atom. The van der Waals surface area contributed by atoms with Crippen LogP contribution in [0.4, 0.5) is 0 Å². The number of halogens is 1. The number of sulfonamides is 1. The van der Waals surface area contributed by atoms with Crippen molar-refractivity contribution in [2.45, 2.75) is 31.2 Å². The maximum Gasteiger partial charge on any atom is 0.243 e. The van der Waals surface area contributed by atoms with E-state index < -0.39 is 10.0 Å². The molecule has 0 saturated carbocycles. The van der Waals surface area contributed by atoms with Gasteiger partial charge in [0.2, 0.25) is 15.9 Å². The van der Waals surface area contributed by atoms with Crippen molar-refractivity contribution in [1.29, 1.82) is 0 Å². The summed E-state index contributed by atoms with van der Waals surface area (Å²) >= 11 is 5.83. The van der Waals surface area contributed by atoms with Crippen LogP contribution < -0.4 is 5.32 Å². The molecule has 7 heteroatoms. The molecule has 0 unspecified atom stereocenters. The Kier molecular flexibility index (Phi) is 6.19. The summed E-state index contributed by atoms with van der Waals surface area (Å²) in [6.45, 7) is 3.19.